The number of benzene rings is 1. The van der Waals surface area contributed by atoms with E-state index < -0.39 is 10.0 Å². The lowest BCUT2D eigenvalue weighted by Crippen LogP contribution is -2.39. The fraction of sp³-hybridized carbons (Fsp3) is 0.571. The Labute approximate surface area is 120 Å². The molecule has 0 aliphatic heterocycles. The molecule has 106 valence electrons. The molecule has 0 aromatic heterocycles. The Morgan fingerprint density at radius 3 is 2.68 bits per heavy atom. The van der Waals surface area contributed by atoms with Crippen LogP contribution in [0.5, 0.6) is 0 Å². The topological polar surface area (TPSA) is 46.2 Å². The molecule has 2 unspecified atom stereocenters. The third-order valence-electron chi connectivity index (χ3n) is 3.66. The molecule has 0 radical (unpaired) electrons. The molecule has 1 aliphatic rings. The smallest absolute Gasteiger partial charge is 0.208 e. The first kappa shape index (κ1) is 14.9. The third-order valence-corrected chi connectivity index (χ3v) is 6.44. The van der Waals surface area contributed by atoms with Crippen LogP contribution in [0.1, 0.15) is 31.2 Å². The Morgan fingerprint density at radius 2 is 2.00 bits per heavy atom. The lowest BCUT2D eigenvalue weighted by molar-refractivity contribution is 0.420. The summed E-state index contributed by atoms with van der Waals surface area (Å²) in [5, 5.41) is 0.582. The van der Waals surface area contributed by atoms with E-state index in [1.165, 1.54) is 6.42 Å². The SMILES string of the molecule is CSC1CCCC(NS(=O)(=O)c2ccccc2C)C1. The fourth-order valence-corrected chi connectivity index (χ4v) is 4.96. The van der Waals surface area contributed by atoms with E-state index >= 15 is 0 Å². The molecule has 0 spiro atoms. The van der Waals surface area contributed by atoms with Crippen molar-refractivity contribution in [3.63, 3.8) is 0 Å². The molecule has 19 heavy (non-hydrogen) atoms. The van der Waals surface area contributed by atoms with Crippen molar-refractivity contribution in [1.82, 2.24) is 4.72 Å². The maximum absolute atomic E-state index is 12.4. The van der Waals surface area contributed by atoms with E-state index in [9.17, 15) is 8.42 Å². The molecule has 5 heteroatoms. The van der Waals surface area contributed by atoms with Crippen LogP contribution in [0.4, 0.5) is 0 Å². The van der Waals surface area contributed by atoms with Gasteiger partial charge in [-0.1, -0.05) is 24.6 Å². The molecule has 1 N–H and O–H groups in total. The zero-order valence-electron chi connectivity index (χ0n) is 11.4. The lowest BCUT2D eigenvalue weighted by Gasteiger charge is -2.28. The van der Waals surface area contributed by atoms with Gasteiger partial charge < -0.3 is 0 Å². The summed E-state index contributed by atoms with van der Waals surface area (Å²) in [6.07, 6.45) is 6.29. The fourth-order valence-electron chi connectivity index (χ4n) is 2.61. The van der Waals surface area contributed by atoms with E-state index in [2.05, 4.69) is 11.0 Å². The minimum atomic E-state index is -3.38. The van der Waals surface area contributed by atoms with E-state index in [4.69, 9.17) is 0 Å². The number of aryl methyl sites for hydroxylation is 1. The van der Waals surface area contributed by atoms with Crippen molar-refractivity contribution in [2.24, 2.45) is 0 Å². The molecule has 1 fully saturated rings. The van der Waals surface area contributed by atoms with Crippen molar-refractivity contribution in [3.8, 4) is 0 Å². The maximum atomic E-state index is 12.4. The van der Waals surface area contributed by atoms with Crippen LogP contribution in [-0.2, 0) is 10.0 Å². The van der Waals surface area contributed by atoms with E-state index in [0.29, 0.717) is 10.1 Å². The second kappa shape index (κ2) is 6.29. The average molecular weight is 299 g/mol. The molecule has 0 amide bonds. The van der Waals surface area contributed by atoms with Crippen LogP contribution in [-0.4, -0.2) is 26.0 Å². The third kappa shape index (κ3) is 3.74. The van der Waals surface area contributed by atoms with Crippen LogP contribution in [0.2, 0.25) is 0 Å². The summed E-state index contributed by atoms with van der Waals surface area (Å²) < 4.78 is 27.7. The largest absolute Gasteiger partial charge is 0.241 e. The molecule has 1 aliphatic carbocycles. The zero-order valence-corrected chi connectivity index (χ0v) is 13.1. The summed E-state index contributed by atoms with van der Waals surface area (Å²) in [4.78, 5) is 0.404. The van der Waals surface area contributed by atoms with Gasteiger partial charge in [0, 0.05) is 11.3 Å². The predicted octanol–water partition coefficient (Wildman–Crippen LogP) is 2.95. The van der Waals surface area contributed by atoms with Gasteiger partial charge in [-0.15, -0.1) is 0 Å². The van der Waals surface area contributed by atoms with Crippen LogP contribution in [0.15, 0.2) is 29.2 Å². The van der Waals surface area contributed by atoms with E-state index in [0.717, 1.165) is 24.8 Å². The minimum Gasteiger partial charge on any atom is -0.208 e. The summed E-state index contributed by atoms with van der Waals surface area (Å²) in [5.41, 5.74) is 0.798. The van der Waals surface area contributed by atoms with Gasteiger partial charge in [0.15, 0.2) is 0 Å². The number of rotatable bonds is 4. The summed E-state index contributed by atoms with van der Waals surface area (Å²) in [6.45, 7) is 1.83. The molecule has 1 saturated carbocycles. The Balaban J connectivity index is 2.11. The number of nitrogens with one attached hydrogen (secondary N) is 1. The van der Waals surface area contributed by atoms with Crippen LogP contribution < -0.4 is 4.72 Å². The molecule has 2 rings (SSSR count). The summed E-state index contributed by atoms with van der Waals surface area (Å²) in [6, 6.07) is 7.22. The molecule has 0 bridgehead atoms. The van der Waals surface area contributed by atoms with Crippen molar-refractivity contribution in [3.05, 3.63) is 29.8 Å². The molecular weight excluding hydrogens is 278 g/mol. The second-order valence-corrected chi connectivity index (χ2v) is 7.93. The molecular formula is C14H21NO2S2. The summed E-state index contributed by atoms with van der Waals surface area (Å²) in [7, 11) is -3.38. The van der Waals surface area contributed by atoms with Crippen LogP contribution in [0.3, 0.4) is 0 Å². The first-order chi connectivity index (χ1) is 9.03. The van der Waals surface area contributed by atoms with Gasteiger partial charge in [-0.25, -0.2) is 13.1 Å². The lowest BCUT2D eigenvalue weighted by atomic mass is 9.96. The highest BCUT2D eigenvalue weighted by Gasteiger charge is 2.26. The first-order valence-corrected chi connectivity index (χ1v) is 9.41. The molecule has 0 saturated heterocycles. The Kier molecular flexibility index (Phi) is 4.92. The zero-order chi connectivity index (χ0) is 13.9. The quantitative estimate of drug-likeness (QED) is 0.930. The van der Waals surface area contributed by atoms with Crippen molar-refractivity contribution in [2.75, 3.05) is 6.26 Å². The Morgan fingerprint density at radius 1 is 1.26 bits per heavy atom. The predicted molar refractivity (Wildman–Crippen MR) is 81.1 cm³/mol. The monoisotopic (exact) mass is 299 g/mol. The molecule has 0 heterocycles. The van der Waals surface area contributed by atoms with Crippen LogP contribution in [0.25, 0.3) is 0 Å². The van der Waals surface area contributed by atoms with Gasteiger partial charge >= 0.3 is 0 Å². The Hall–Kier alpha value is -0.520. The number of hydrogen-bond donors (Lipinski definition) is 1. The highest BCUT2D eigenvalue weighted by molar-refractivity contribution is 7.99. The van der Waals surface area contributed by atoms with Crippen molar-refractivity contribution < 1.29 is 8.42 Å². The van der Waals surface area contributed by atoms with Crippen molar-refractivity contribution in [2.45, 2.75) is 48.8 Å². The standard InChI is InChI=1S/C14H21NO2S2/c1-11-6-3-4-9-14(11)19(16,17)15-12-7-5-8-13(10-12)18-2/h3-4,6,9,12-13,15H,5,7-8,10H2,1-2H3. The van der Waals surface area contributed by atoms with Gasteiger partial charge in [0.2, 0.25) is 10.0 Å². The van der Waals surface area contributed by atoms with E-state index in [-0.39, 0.29) is 6.04 Å². The summed E-state index contributed by atoms with van der Waals surface area (Å²) in [5.74, 6) is 0. The van der Waals surface area contributed by atoms with Gasteiger partial charge in [0.1, 0.15) is 0 Å². The molecule has 1 aromatic carbocycles. The normalized spacial score (nSPS) is 24.3. The van der Waals surface area contributed by atoms with Gasteiger partial charge in [0.25, 0.3) is 0 Å². The summed E-state index contributed by atoms with van der Waals surface area (Å²) >= 11 is 1.84. The number of sulfonamides is 1. The average Bonchev–Trinajstić information content (AvgIpc) is 2.38. The maximum Gasteiger partial charge on any atom is 0.241 e. The van der Waals surface area contributed by atoms with E-state index in [1.807, 2.05) is 30.8 Å². The highest BCUT2D eigenvalue weighted by atomic mass is 32.2. The second-order valence-electron chi connectivity index (χ2n) is 5.11. The number of thioether (sulfide) groups is 1. The highest BCUT2D eigenvalue weighted by Crippen LogP contribution is 2.28. The van der Waals surface area contributed by atoms with Crippen LogP contribution >= 0.6 is 11.8 Å². The van der Waals surface area contributed by atoms with Crippen LogP contribution in [0, 0.1) is 6.92 Å². The molecule has 2 atom stereocenters. The van der Waals surface area contributed by atoms with Gasteiger partial charge in [0.05, 0.1) is 4.90 Å². The number of hydrogen-bond acceptors (Lipinski definition) is 3. The first-order valence-electron chi connectivity index (χ1n) is 6.63. The molecule has 3 nitrogen and oxygen atoms in total. The van der Waals surface area contributed by atoms with Crippen molar-refractivity contribution in [1.29, 1.82) is 0 Å². The Bertz CT molecular complexity index is 528. The minimum absolute atomic E-state index is 0.0795. The van der Waals surface area contributed by atoms with Crippen molar-refractivity contribution >= 4 is 21.8 Å². The molecule has 1 aromatic rings. The van der Waals surface area contributed by atoms with Gasteiger partial charge in [-0.2, -0.15) is 11.8 Å². The van der Waals surface area contributed by atoms with Gasteiger partial charge in [-0.05, 0) is 44.1 Å². The van der Waals surface area contributed by atoms with Gasteiger partial charge in [-0.3, -0.25) is 0 Å². The van der Waals surface area contributed by atoms with E-state index in [1.54, 1.807) is 12.1 Å².